The Morgan fingerprint density at radius 1 is 1.22 bits per heavy atom. The fraction of sp³-hybridized carbons (Fsp3) is 0.500. The van der Waals surface area contributed by atoms with Crippen LogP contribution in [0, 0.1) is 0 Å². The lowest BCUT2D eigenvalue weighted by Crippen LogP contribution is -2.37. The quantitative estimate of drug-likeness (QED) is 0.864. The van der Waals surface area contributed by atoms with Crippen LogP contribution in [-0.2, 0) is 22.9 Å². The van der Waals surface area contributed by atoms with Crippen molar-refractivity contribution in [1.29, 1.82) is 0 Å². The average molecular weight is 334 g/mol. The summed E-state index contributed by atoms with van der Waals surface area (Å²) in [5, 5.41) is 11.1. The highest BCUT2D eigenvalue weighted by atomic mass is 32.2. The van der Waals surface area contributed by atoms with Crippen LogP contribution in [0.25, 0.3) is 0 Å². The first-order valence-corrected chi connectivity index (χ1v) is 9.70. The molecular formula is C16H22N4O2S. The first-order chi connectivity index (χ1) is 11.1. The number of hydrogen-bond acceptors (Lipinski definition) is 5. The standard InChI is InChI=1S/C16H22N4O2S/c21-23(22)9-5-4-8-16(23)12-17-10-15-11-18-19-20(15)13-14-6-2-1-3-7-14/h1-3,6-7,11,16-17H,4-5,8-10,12-13H2. The van der Waals surface area contributed by atoms with Crippen molar-refractivity contribution in [1.82, 2.24) is 20.3 Å². The molecule has 1 unspecified atom stereocenters. The Kier molecular flexibility index (Phi) is 5.07. The Morgan fingerprint density at radius 3 is 2.83 bits per heavy atom. The molecular weight excluding hydrogens is 312 g/mol. The van der Waals surface area contributed by atoms with Crippen LogP contribution < -0.4 is 5.32 Å². The van der Waals surface area contributed by atoms with Crippen molar-refractivity contribution in [3.8, 4) is 0 Å². The smallest absolute Gasteiger partial charge is 0.154 e. The van der Waals surface area contributed by atoms with Gasteiger partial charge in [0.1, 0.15) is 0 Å². The molecule has 0 saturated carbocycles. The van der Waals surface area contributed by atoms with Crippen LogP contribution in [0.4, 0.5) is 0 Å². The third-order valence-electron chi connectivity index (χ3n) is 4.26. The van der Waals surface area contributed by atoms with Crippen molar-refractivity contribution < 1.29 is 8.42 Å². The summed E-state index contributed by atoms with van der Waals surface area (Å²) >= 11 is 0. The van der Waals surface area contributed by atoms with Crippen LogP contribution in [0.3, 0.4) is 0 Å². The zero-order chi connectivity index (χ0) is 16.1. The van der Waals surface area contributed by atoms with Crippen molar-refractivity contribution in [2.45, 2.75) is 37.6 Å². The van der Waals surface area contributed by atoms with Gasteiger partial charge in [0, 0.05) is 13.1 Å². The number of nitrogens with one attached hydrogen (secondary N) is 1. The SMILES string of the molecule is O=S1(=O)CCCCC1CNCc1cnnn1Cc1ccccc1. The van der Waals surface area contributed by atoms with Crippen molar-refractivity contribution in [3.63, 3.8) is 0 Å². The summed E-state index contributed by atoms with van der Waals surface area (Å²) < 4.78 is 25.9. The van der Waals surface area contributed by atoms with E-state index in [1.54, 1.807) is 6.20 Å². The molecule has 2 heterocycles. The zero-order valence-corrected chi connectivity index (χ0v) is 13.9. The van der Waals surface area contributed by atoms with Gasteiger partial charge in [-0.2, -0.15) is 0 Å². The predicted molar refractivity (Wildman–Crippen MR) is 88.7 cm³/mol. The summed E-state index contributed by atoms with van der Waals surface area (Å²) in [6.07, 6.45) is 4.29. The van der Waals surface area contributed by atoms with E-state index in [0.717, 1.165) is 30.5 Å². The fourth-order valence-electron chi connectivity index (χ4n) is 2.92. The summed E-state index contributed by atoms with van der Waals surface area (Å²) in [7, 11) is -2.92. The third-order valence-corrected chi connectivity index (χ3v) is 6.54. The third kappa shape index (κ3) is 4.17. The van der Waals surface area contributed by atoms with Crippen LogP contribution in [0.15, 0.2) is 36.5 Å². The van der Waals surface area contributed by atoms with E-state index in [2.05, 4.69) is 15.6 Å². The molecule has 7 heteroatoms. The van der Waals surface area contributed by atoms with Gasteiger partial charge < -0.3 is 5.32 Å². The van der Waals surface area contributed by atoms with E-state index in [1.807, 2.05) is 35.0 Å². The van der Waals surface area contributed by atoms with Crippen LogP contribution in [0.1, 0.15) is 30.5 Å². The number of benzene rings is 1. The minimum absolute atomic E-state index is 0.255. The number of rotatable bonds is 6. The van der Waals surface area contributed by atoms with Gasteiger partial charge >= 0.3 is 0 Å². The second-order valence-corrected chi connectivity index (χ2v) is 8.38. The lowest BCUT2D eigenvalue weighted by Gasteiger charge is -2.22. The molecule has 1 atom stereocenters. The van der Waals surface area contributed by atoms with Crippen molar-refractivity contribution in [2.75, 3.05) is 12.3 Å². The van der Waals surface area contributed by atoms with Gasteiger partial charge in [-0.05, 0) is 18.4 Å². The van der Waals surface area contributed by atoms with Gasteiger partial charge in [0.05, 0.1) is 29.4 Å². The molecule has 124 valence electrons. The molecule has 0 amide bonds. The summed E-state index contributed by atoms with van der Waals surface area (Å²) in [5.41, 5.74) is 2.12. The van der Waals surface area contributed by atoms with E-state index in [-0.39, 0.29) is 5.25 Å². The molecule has 0 bridgehead atoms. The Labute approximate surface area is 136 Å². The molecule has 0 radical (unpaired) electrons. The Balaban J connectivity index is 1.56. The maximum Gasteiger partial charge on any atom is 0.154 e. The molecule has 1 N–H and O–H groups in total. The van der Waals surface area contributed by atoms with Crippen LogP contribution in [0.5, 0.6) is 0 Å². The molecule has 6 nitrogen and oxygen atoms in total. The summed E-state index contributed by atoms with van der Waals surface area (Å²) in [6.45, 7) is 1.74. The van der Waals surface area contributed by atoms with Crippen molar-refractivity contribution >= 4 is 9.84 Å². The molecule has 1 aliphatic heterocycles. The van der Waals surface area contributed by atoms with Crippen LogP contribution in [-0.4, -0.2) is 41.0 Å². The lowest BCUT2D eigenvalue weighted by molar-refractivity contribution is 0.513. The predicted octanol–water partition coefficient (Wildman–Crippen LogP) is 1.38. The fourth-order valence-corrected chi connectivity index (χ4v) is 4.75. The van der Waals surface area contributed by atoms with Gasteiger partial charge in [-0.1, -0.05) is 42.0 Å². The lowest BCUT2D eigenvalue weighted by atomic mass is 10.2. The highest BCUT2D eigenvalue weighted by Crippen LogP contribution is 2.18. The maximum absolute atomic E-state index is 12.0. The van der Waals surface area contributed by atoms with E-state index in [9.17, 15) is 8.42 Å². The Morgan fingerprint density at radius 2 is 2.04 bits per heavy atom. The zero-order valence-electron chi connectivity index (χ0n) is 13.1. The number of aromatic nitrogens is 3. The van der Waals surface area contributed by atoms with Gasteiger partial charge in [-0.25, -0.2) is 13.1 Å². The first kappa shape index (κ1) is 16.1. The molecule has 23 heavy (non-hydrogen) atoms. The Bertz CT molecular complexity index is 728. The number of nitrogens with zero attached hydrogens (tertiary/aromatic N) is 3. The molecule has 0 spiro atoms. The second-order valence-electron chi connectivity index (χ2n) is 5.98. The van der Waals surface area contributed by atoms with Crippen LogP contribution >= 0.6 is 0 Å². The molecule has 1 aromatic heterocycles. The highest BCUT2D eigenvalue weighted by Gasteiger charge is 2.28. The maximum atomic E-state index is 12.0. The van der Waals surface area contributed by atoms with Gasteiger partial charge in [0.2, 0.25) is 0 Å². The average Bonchev–Trinajstić information content (AvgIpc) is 2.97. The molecule has 0 aliphatic carbocycles. The van der Waals surface area contributed by atoms with Crippen LogP contribution in [0.2, 0.25) is 0 Å². The summed E-state index contributed by atoms with van der Waals surface area (Å²) in [5.74, 6) is 0.326. The van der Waals surface area contributed by atoms with Gasteiger partial charge in [0.25, 0.3) is 0 Å². The molecule has 1 saturated heterocycles. The number of sulfone groups is 1. The van der Waals surface area contributed by atoms with E-state index in [1.165, 1.54) is 0 Å². The van der Waals surface area contributed by atoms with E-state index >= 15 is 0 Å². The van der Waals surface area contributed by atoms with E-state index in [4.69, 9.17) is 0 Å². The molecule has 1 aromatic carbocycles. The largest absolute Gasteiger partial charge is 0.310 e. The minimum Gasteiger partial charge on any atom is -0.310 e. The van der Waals surface area contributed by atoms with Gasteiger partial charge in [0.15, 0.2) is 9.84 Å². The van der Waals surface area contributed by atoms with E-state index in [0.29, 0.717) is 25.4 Å². The minimum atomic E-state index is -2.92. The summed E-state index contributed by atoms with van der Waals surface area (Å²) in [6, 6.07) is 10.1. The molecule has 3 rings (SSSR count). The summed E-state index contributed by atoms with van der Waals surface area (Å²) in [4.78, 5) is 0. The number of hydrogen-bond donors (Lipinski definition) is 1. The van der Waals surface area contributed by atoms with Gasteiger partial charge in [-0.15, -0.1) is 5.10 Å². The topological polar surface area (TPSA) is 76.9 Å². The normalized spacial score (nSPS) is 20.4. The molecule has 2 aromatic rings. The monoisotopic (exact) mass is 334 g/mol. The molecule has 1 fully saturated rings. The Hall–Kier alpha value is -1.73. The van der Waals surface area contributed by atoms with E-state index < -0.39 is 9.84 Å². The van der Waals surface area contributed by atoms with Gasteiger partial charge in [-0.3, -0.25) is 0 Å². The van der Waals surface area contributed by atoms with Crippen molar-refractivity contribution in [2.24, 2.45) is 0 Å². The van der Waals surface area contributed by atoms with Crippen molar-refractivity contribution in [3.05, 3.63) is 47.8 Å². The second kappa shape index (κ2) is 7.23. The highest BCUT2D eigenvalue weighted by molar-refractivity contribution is 7.92. The first-order valence-electron chi connectivity index (χ1n) is 7.99. The molecule has 1 aliphatic rings.